The van der Waals surface area contributed by atoms with Crippen molar-refractivity contribution in [1.29, 1.82) is 0 Å². The van der Waals surface area contributed by atoms with Crippen LogP contribution in [0.15, 0.2) is 41.9 Å². The summed E-state index contributed by atoms with van der Waals surface area (Å²) in [6, 6.07) is 2.11. The summed E-state index contributed by atoms with van der Waals surface area (Å²) in [5.41, 5.74) is 0.194. The number of carbonyl (C=O) groups is 2. The summed E-state index contributed by atoms with van der Waals surface area (Å²) < 4.78 is 42.7. The predicted octanol–water partition coefficient (Wildman–Crippen LogP) is 2.45. The number of amides is 2. The highest BCUT2D eigenvalue weighted by Gasteiger charge is 2.34. The molecule has 2 aliphatic rings. The number of nitrogens with zero attached hydrogens (tertiary/aromatic N) is 8. The molecule has 1 atom stereocenters. The monoisotopic (exact) mass is 500 g/mol. The highest BCUT2D eigenvalue weighted by Crippen LogP contribution is 2.30. The van der Waals surface area contributed by atoms with E-state index < -0.39 is 35.5 Å². The van der Waals surface area contributed by atoms with Crippen LogP contribution in [0.1, 0.15) is 28.4 Å². The summed E-state index contributed by atoms with van der Waals surface area (Å²) in [5.74, 6) is -3.46. The van der Waals surface area contributed by atoms with E-state index in [9.17, 15) is 22.8 Å². The van der Waals surface area contributed by atoms with Crippen LogP contribution < -0.4 is 4.90 Å². The SMILES string of the molecule is O=C(O)c1cnn(-c2nc(N3CCN(C(=O)N4N=CCC4c4cc(F)cc(F)c4)CC3)ncc2F)c1. The van der Waals surface area contributed by atoms with Crippen molar-refractivity contribution >= 4 is 24.2 Å². The van der Waals surface area contributed by atoms with Crippen molar-refractivity contribution in [2.45, 2.75) is 12.5 Å². The molecule has 1 saturated heterocycles. The Bertz CT molecular complexity index is 1340. The van der Waals surface area contributed by atoms with Gasteiger partial charge in [0.25, 0.3) is 0 Å². The van der Waals surface area contributed by atoms with E-state index in [1.807, 2.05) is 0 Å². The number of piperazine rings is 1. The average molecular weight is 500 g/mol. The fraction of sp³-hybridized carbons (Fsp3) is 0.273. The number of benzene rings is 1. The van der Waals surface area contributed by atoms with Crippen LogP contribution in [0, 0.1) is 17.5 Å². The van der Waals surface area contributed by atoms with Gasteiger partial charge < -0.3 is 14.9 Å². The number of anilines is 1. The maximum Gasteiger partial charge on any atom is 0.341 e. The number of urea groups is 1. The molecule has 0 spiro atoms. The fourth-order valence-electron chi connectivity index (χ4n) is 4.10. The molecule has 2 aromatic heterocycles. The molecule has 1 fully saturated rings. The lowest BCUT2D eigenvalue weighted by molar-refractivity contribution is 0.0696. The van der Waals surface area contributed by atoms with Crippen molar-refractivity contribution in [3.63, 3.8) is 0 Å². The van der Waals surface area contributed by atoms with Crippen molar-refractivity contribution in [1.82, 2.24) is 29.7 Å². The topological polar surface area (TPSA) is 120 Å². The second-order valence-corrected chi connectivity index (χ2v) is 8.17. The first-order valence-electron chi connectivity index (χ1n) is 10.9. The van der Waals surface area contributed by atoms with Crippen LogP contribution in [-0.2, 0) is 0 Å². The summed E-state index contributed by atoms with van der Waals surface area (Å²) >= 11 is 0. The molecule has 2 amide bonds. The van der Waals surface area contributed by atoms with Gasteiger partial charge in [-0.3, -0.25) is 0 Å². The number of halogens is 3. The summed E-state index contributed by atoms with van der Waals surface area (Å²) in [7, 11) is 0. The van der Waals surface area contributed by atoms with Crippen LogP contribution >= 0.6 is 0 Å². The Hall–Kier alpha value is -4.49. The Balaban J connectivity index is 1.27. The van der Waals surface area contributed by atoms with Crippen LogP contribution in [0.5, 0.6) is 0 Å². The summed E-state index contributed by atoms with van der Waals surface area (Å²) in [5, 5.41) is 18.2. The zero-order chi connectivity index (χ0) is 25.4. The van der Waals surface area contributed by atoms with Crippen LogP contribution in [-0.4, -0.2) is 79.2 Å². The van der Waals surface area contributed by atoms with Gasteiger partial charge in [0.05, 0.1) is 24.0 Å². The second-order valence-electron chi connectivity index (χ2n) is 8.17. The first kappa shape index (κ1) is 23.3. The first-order valence-corrected chi connectivity index (χ1v) is 10.9. The molecule has 11 nitrogen and oxygen atoms in total. The van der Waals surface area contributed by atoms with Gasteiger partial charge in [-0.05, 0) is 17.7 Å². The van der Waals surface area contributed by atoms with Crippen LogP contribution in [0.4, 0.5) is 23.9 Å². The third-order valence-corrected chi connectivity index (χ3v) is 5.89. The third-order valence-electron chi connectivity index (χ3n) is 5.89. The number of hydrazone groups is 1. The third kappa shape index (κ3) is 4.44. The number of carboxylic acids is 1. The largest absolute Gasteiger partial charge is 0.478 e. The molecule has 1 aromatic carbocycles. The number of aromatic nitrogens is 4. The molecule has 5 rings (SSSR count). The van der Waals surface area contributed by atoms with Crippen molar-refractivity contribution in [2.75, 3.05) is 31.1 Å². The molecule has 36 heavy (non-hydrogen) atoms. The predicted molar refractivity (Wildman–Crippen MR) is 119 cm³/mol. The van der Waals surface area contributed by atoms with E-state index in [1.54, 1.807) is 9.80 Å². The van der Waals surface area contributed by atoms with Crippen molar-refractivity contribution in [3.05, 3.63) is 65.4 Å². The smallest absolute Gasteiger partial charge is 0.341 e. The molecule has 4 heterocycles. The number of hydrogen-bond acceptors (Lipinski definition) is 7. The van der Waals surface area contributed by atoms with Gasteiger partial charge >= 0.3 is 12.0 Å². The fourth-order valence-corrected chi connectivity index (χ4v) is 4.10. The van der Waals surface area contributed by atoms with E-state index in [0.717, 1.165) is 29.3 Å². The Kier molecular flexibility index (Phi) is 6.00. The minimum absolute atomic E-state index is 0.120. The van der Waals surface area contributed by atoms with Gasteiger partial charge in [0.2, 0.25) is 5.95 Å². The lowest BCUT2D eigenvalue weighted by Gasteiger charge is -2.37. The van der Waals surface area contributed by atoms with Crippen LogP contribution in [0.25, 0.3) is 5.82 Å². The van der Waals surface area contributed by atoms with Crippen LogP contribution in [0.2, 0.25) is 0 Å². The minimum Gasteiger partial charge on any atom is -0.478 e. The van der Waals surface area contributed by atoms with Gasteiger partial charge in [-0.15, -0.1) is 0 Å². The number of carboxylic acid groups (broad SMARTS) is 1. The van der Waals surface area contributed by atoms with E-state index in [1.165, 1.54) is 23.4 Å². The summed E-state index contributed by atoms with van der Waals surface area (Å²) in [6.07, 6.45) is 5.06. The summed E-state index contributed by atoms with van der Waals surface area (Å²) in [6.45, 7) is 1.20. The van der Waals surface area contributed by atoms with Gasteiger partial charge in [-0.2, -0.15) is 15.2 Å². The Labute approximate surface area is 202 Å². The van der Waals surface area contributed by atoms with Crippen molar-refractivity contribution in [2.24, 2.45) is 5.10 Å². The number of hydrogen-bond donors (Lipinski definition) is 1. The van der Waals surface area contributed by atoms with Gasteiger partial charge in [0.15, 0.2) is 11.6 Å². The molecule has 1 N–H and O–H groups in total. The lowest BCUT2D eigenvalue weighted by Crippen LogP contribution is -2.52. The number of rotatable bonds is 4. The van der Waals surface area contributed by atoms with Crippen molar-refractivity contribution in [3.8, 4) is 5.82 Å². The molecular formula is C22H19F3N8O3. The highest BCUT2D eigenvalue weighted by molar-refractivity contribution is 5.87. The number of carbonyl (C=O) groups excluding carboxylic acids is 1. The van der Waals surface area contributed by atoms with Gasteiger partial charge in [-0.1, -0.05) is 0 Å². The number of aromatic carboxylic acids is 1. The quantitative estimate of drug-likeness (QED) is 0.584. The maximum atomic E-state index is 14.3. The lowest BCUT2D eigenvalue weighted by atomic mass is 10.0. The van der Waals surface area contributed by atoms with E-state index in [4.69, 9.17) is 5.11 Å². The van der Waals surface area contributed by atoms with Gasteiger partial charge in [0, 0.05) is 51.1 Å². The Morgan fingerprint density at radius 2 is 1.72 bits per heavy atom. The molecule has 1 unspecified atom stereocenters. The Morgan fingerprint density at radius 1 is 1.00 bits per heavy atom. The van der Waals surface area contributed by atoms with Crippen molar-refractivity contribution < 1.29 is 27.9 Å². The maximum absolute atomic E-state index is 14.3. The zero-order valence-corrected chi connectivity index (χ0v) is 18.6. The zero-order valence-electron chi connectivity index (χ0n) is 18.6. The standard InChI is InChI=1S/C22H19F3N8O3/c23-15-7-13(8-16(24)9-15)18-1-2-27-33(18)22(36)31-5-3-30(4-6-31)21-26-11-17(25)19(29-21)32-12-14(10-28-32)20(34)35/h2,7-12,18H,1,3-6H2,(H,34,35). The van der Waals surface area contributed by atoms with Crippen LogP contribution in [0.3, 0.4) is 0 Å². The molecule has 14 heteroatoms. The van der Waals surface area contributed by atoms with Gasteiger partial charge in [0.1, 0.15) is 11.6 Å². The molecule has 186 valence electrons. The van der Waals surface area contributed by atoms with Gasteiger partial charge in [-0.25, -0.2) is 37.4 Å². The van der Waals surface area contributed by atoms with E-state index >= 15 is 0 Å². The van der Waals surface area contributed by atoms with E-state index in [2.05, 4.69) is 20.2 Å². The highest BCUT2D eigenvalue weighted by atomic mass is 19.1. The molecule has 0 bridgehead atoms. The molecule has 3 aromatic rings. The average Bonchev–Trinajstić information content (AvgIpc) is 3.54. The molecular weight excluding hydrogens is 481 g/mol. The molecule has 0 aliphatic carbocycles. The first-order chi connectivity index (χ1) is 17.3. The minimum atomic E-state index is -1.20. The normalized spacial score (nSPS) is 17.6. The Morgan fingerprint density at radius 3 is 2.39 bits per heavy atom. The van der Waals surface area contributed by atoms with E-state index in [0.29, 0.717) is 25.1 Å². The molecule has 2 aliphatic heterocycles. The summed E-state index contributed by atoms with van der Waals surface area (Å²) in [4.78, 5) is 35.7. The molecule has 0 radical (unpaired) electrons. The molecule has 0 saturated carbocycles. The second kappa shape index (κ2) is 9.28. The van der Waals surface area contributed by atoms with E-state index in [-0.39, 0.29) is 30.4 Å².